The Morgan fingerprint density at radius 1 is 0.680 bits per heavy atom. The Labute approximate surface area is 146 Å². The van der Waals surface area contributed by atoms with E-state index in [1.807, 2.05) is 42.5 Å². The van der Waals surface area contributed by atoms with E-state index >= 15 is 0 Å². The molecule has 0 aliphatic carbocycles. The molecule has 0 bridgehead atoms. The average molecular weight is 334 g/mol. The first-order valence-electron chi connectivity index (χ1n) is 7.81. The van der Waals surface area contributed by atoms with Crippen LogP contribution in [0, 0.1) is 0 Å². The maximum Gasteiger partial charge on any atom is 0.343 e. The molecule has 0 fully saturated rings. The van der Waals surface area contributed by atoms with Crippen LogP contribution in [-0.4, -0.2) is 20.2 Å². The lowest BCUT2D eigenvalue weighted by atomic mass is 10.0. The number of para-hydroxylation sites is 1. The van der Waals surface area contributed by atoms with Crippen LogP contribution in [0.2, 0.25) is 0 Å². The third-order valence-electron chi connectivity index (χ3n) is 3.81. The van der Waals surface area contributed by atoms with Gasteiger partial charge in [0.15, 0.2) is 11.5 Å². The van der Waals surface area contributed by atoms with Crippen LogP contribution in [-0.2, 0) is 0 Å². The molecule has 0 saturated carbocycles. The highest BCUT2D eigenvalue weighted by atomic mass is 16.6. The van der Waals surface area contributed by atoms with Crippen molar-refractivity contribution in [2.24, 2.45) is 0 Å². The second-order valence-electron chi connectivity index (χ2n) is 5.32. The summed E-state index contributed by atoms with van der Waals surface area (Å²) in [6.45, 7) is 0. The molecule has 0 saturated heterocycles. The van der Waals surface area contributed by atoms with E-state index in [1.54, 1.807) is 30.3 Å². The van der Waals surface area contributed by atoms with Crippen molar-refractivity contribution in [1.29, 1.82) is 0 Å². The summed E-state index contributed by atoms with van der Waals surface area (Å²) in [5.74, 6) is 0.675. The van der Waals surface area contributed by atoms with Gasteiger partial charge in [-0.3, -0.25) is 0 Å². The van der Waals surface area contributed by atoms with Crippen molar-refractivity contribution in [3.63, 3.8) is 0 Å². The van der Waals surface area contributed by atoms with Gasteiger partial charge in [-0.15, -0.1) is 0 Å². The predicted molar refractivity (Wildman–Crippen MR) is 96.4 cm³/mol. The molecule has 4 nitrogen and oxygen atoms in total. The Morgan fingerprint density at radius 3 is 1.80 bits per heavy atom. The SMILES string of the molecule is COc1cccc(OC)c1OC(=O)c1ccc(-c2ccccc2)cc1. The number of carbonyl (C=O) groups excluding carboxylic acids is 1. The topological polar surface area (TPSA) is 44.8 Å². The van der Waals surface area contributed by atoms with Crippen LogP contribution in [0.4, 0.5) is 0 Å². The first-order valence-corrected chi connectivity index (χ1v) is 7.81. The van der Waals surface area contributed by atoms with Gasteiger partial charge in [0, 0.05) is 0 Å². The largest absolute Gasteiger partial charge is 0.493 e. The van der Waals surface area contributed by atoms with Crippen LogP contribution in [0.1, 0.15) is 10.4 Å². The predicted octanol–water partition coefficient (Wildman–Crippen LogP) is 4.59. The van der Waals surface area contributed by atoms with E-state index in [9.17, 15) is 4.79 Å². The Kier molecular flexibility index (Phi) is 5.00. The van der Waals surface area contributed by atoms with Gasteiger partial charge in [0.25, 0.3) is 0 Å². The highest BCUT2D eigenvalue weighted by Gasteiger charge is 2.17. The number of hydrogen-bond donors (Lipinski definition) is 0. The van der Waals surface area contributed by atoms with Gasteiger partial charge in [0.05, 0.1) is 19.8 Å². The van der Waals surface area contributed by atoms with Crippen LogP contribution in [0.5, 0.6) is 17.2 Å². The Balaban J connectivity index is 1.83. The number of benzene rings is 3. The summed E-state index contributed by atoms with van der Waals surface area (Å²) in [6.07, 6.45) is 0. The molecule has 3 aromatic rings. The molecule has 0 spiro atoms. The highest BCUT2D eigenvalue weighted by Crippen LogP contribution is 2.37. The van der Waals surface area contributed by atoms with Crippen LogP contribution in [0.3, 0.4) is 0 Å². The Bertz CT molecular complexity index is 833. The number of rotatable bonds is 5. The molecule has 0 aromatic heterocycles. The van der Waals surface area contributed by atoms with Gasteiger partial charge in [0.1, 0.15) is 0 Å². The highest BCUT2D eigenvalue weighted by molar-refractivity contribution is 5.92. The zero-order chi connectivity index (χ0) is 17.6. The van der Waals surface area contributed by atoms with Crippen molar-refractivity contribution < 1.29 is 19.0 Å². The molecule has 25 heavy (non-hydrogen) atoms. The van der Waals surface area contributed by atoms with E-state index in [4.69, 9.17) is 14.2 Å². The molecule has 0 unspecified atom stereocenters. The maximum atomic E-state index is 12.5. The number of hydrogen-bond acceptors (Lipinski definition) is 4. The summed E-state index contributed by atoms with van der Waals surface area (Å²) in [5.41, 5.74) is 2.58. The summed E-state index contributed by atoms with van der Waals surface area (Å²) in [4.78, 5) is 12.5. The van der Waals surface area contributed by atoms with Gasteiger partial charge in [-0.05, 0) is 35.4 Å². The molecule has 0 aliphatic heterocycles. The van der Waals surface area contributed by atoms with E-state index in [2.05, 4.69) is 0 Å². The average Bonchev–Trinajstić information content (AvgIpc) is 2.69. The summed E-state index contributed by atoms with van der Waals surface area (Å²) < 4.78 is 16.0. The summed E-state index contributed by atoms with van der Waals surface area (Å²) >= 11 is 0. The van der Waals surface area contributed by atoms with Crippen LogP contribution in [0.15, 0.2) is 72.8 Å². The fourth-order valence-electron chi connectivity index (χ4n) is 2.50. The van der Waals surface area contributed by atoms with E-state index in [0.29, 0.717) is 17.1 Å². The minimum Gasteiger partial charge on any atom is -0.493 e. The fourth-order valence-corrected chi connectivity index (χ4v) is 2.50. The van der Waals surface area contributed by atoms with E-state index in [0.717, 1.165) is 11.1 Å². The maximum absolute atomic E-state index is 12.5. The fraction of sp³-hybridized carbons (Fsp3) is 0.0952. The lowest BCUT2D eigenvalue weighted by Crippen LogP contribution is -2.10. The molecule has 0 atom stereocenters. The molecule has 0 N–H and O–H groups in total. The van der Waals surface area contributed by atoms with Crippen LogP contribution < -0.4 is 14.2 Å². The molecular weight excluding hydrogens is 316 g/mol. The lowest BCUT2D eigenvalue weighted by molar-refractivity contribution is 0.0724. The normalized spacial score (nSPS) is 10.2. The second-order valence-corrected chi connectivity index (χ2v) is 5.32. The number of ether oxygens (including phenoxy) is 3. The summed E-state index contributed by atoms with van der Waals surface area (Å²) in [5, 5.41) is 0. The lowest BCUT2D eigenvalue weighted by Gasteiger charge is -2.13. The van der Waals surface area contributed by atoms with Crippen molar-refractivity contribution in [3.8, 4) is 28.4 Å². The van der Waals surface area contributed by atoms with Crippen molar-refractivity contribution in [1.82, 2.24) is 0 Å². The van der Waals surface area contributed by atoms with Gasteiger partial charge >= 0.3 is 5.97 Å². The third-order valence-corrected chi connectivity index (χ3v) is 3.81. The molecule has 0 heterocycles. The van der Waals surface area contributed by atoms with E-state index < -0.39 is 5.97 Å². The first kappa shape index (κ1) is 16.6. The zero-order valence-electron chi connectivity index (χ0n) is 14.1. The van der Waals surface area contributed by atoms with Crippen molar-refractivity contribution >= 4 is 5.97 Å². The van der Waals surface area contributed by atoms with Gasteiger partial charge in [0.2, 0.25) is 5.75 Å². The summed E-state index contributed by atoms with van der Waals surface area (Å²) in [6, 6.07) is 22.4. The van der Waals surface area contributed by atoms with Gasteiger partial charge in [-0.1, -0.05) is 48.5 Å². The Morgan fingerprint density at radius 2 is 1.24 bits per heavy atom. The van der Waals surface area contributed by atoms with Crippen LogP contribution in [0.25, 0.3) is 11.1 Å². The second kappa shape index (κ2) is 7.53. The number of esters is 1. The minimum atomic E-state index is -0.470. The number of methoxy groups -OCH3 is 2. The minimum absolute atomic E-state index is 0.268. The molecule has 0 radical (unpaired) electrons. The molecule has 4 heteroatoms. The van der Waals surface area contributed by atoms with Gasteiger partial charge < -0.3 is 14.2 Å². The quantitative estimate of drug-likeness (QED) is 0.506. The molecule has 3 aromatic carbocycles. The van der Waals surface area contributed by atoms with Crippen molar-refractivity contribution in [3.05, 3.63) is 78.4 Å². The van der Waals surface area contributed by atoms with E-state index in [1.165, 1.54) is 14.2 Å². The Hall–Kier alpha value is -3.27. The summed E-state index contributed by atoms with van der Waals surface area (Å²) in [7, 11) is 3.03. The van der Waals surface area contributed by atoms with Crippen LogP contribution >= 0.6 is 0 Å². The third kappa shape index (κ3) is 3.63. The molecule has 0 amide bonds. The smallest absolute Gasteiger partial charge is 0.343 e. The standard InChI is InChI=1S/C21H18O4/c1-23-18-9-6-10-19(24-2)20(18)25-21(22)17-13-11-16(12-14-17)15-7-4-3-5-8-15/h3-14H,1-2H3. The van der Waals surface area contributed by atoms with Gasteiger partial charge in [-0.2, -0.15) is 0 Å². The monoisotopic (exact) mass is 334 g/mol. The van der Waals surface area contributed by atoms with Crippen molar-refractivity contribution in [2.75, 3.05) is 14.2 Å². The zero-order valence-corrected chi connectivity index (χ0v) is 14.1. The molecular formula is C21H18O4. The van der Waals surface area contributed by atoms with Gasteiger partial charge in [-0.25, -0.2) is 4.79 Å². The van der Waals surface area contributed by atoms with E-state index in [-0.39, 0.29) is 5.75 Å². The molecule has 126 valence electrons. The van der Waals surface area contributed by atoms with Crippen molar-refractivity contribution in [2.45, 2.75) is 0 Å². The molecule has 3 rings (SSSR count). The first-order chi connectivity index (χ1) is 12.2. The molecule has 0 aliphatic rings. The number of carbonyl (C=O) groups is 1.